The number of hydrogen-bond donors (Lipinski definition) is 0. The molecule has 0 fully saturated rings. The van der Waals surface area contributed by atoms with E-state index in [9.17, 15) is 9.59 Å². The van der Waals surface area contributed by atoms with Gasteiger partial charge in [-0.3, -0.25) is 13.9 Å². The van der Waals surface area contributed by atoms with Crippen molar-refractivity contribution in [1.82, 2.24) is 23.9 Å². The Morgan fingerprint density at radius 1 is 0.941 bits per heavy atom. The number of hydrogen-bond acceptors (Lipinski definition) is 4. The fraction of sp³-hybridized carbons (Fsp3) is 0.259. The van der Waals surface area contributed by atoms with Crippen molar-refractivity contribution in [3.8, 4) is 22.8 Å². The summed E-state index contributed by atoms with van der Waals surface area (Å²) in [7, 11) is 0. The van der Waals surface area contributed by atoms with Crippen LogP contribution in [0.4, 0.5) is 0 Å². The number of unbranched alkanes of at least 4 members (excludes halogenated alkanes) is 1. The van der Waals surface area contributed by atoms with Crippen molar-refractivity contribution in [2.24, 2.45) is 0 Å². The molecule has 3 heterocycles. The Morgan fingerprint density at radius 2 is 1.71 bits per heavy atom. The van der Waals surface area contributed by atoms with Crippen molar-refractivity contribution in [2.75, 3.05) is 0 Å². The largest absolute Gasteiger partial charge is 0.352 e. The van der Waals surface area contributed by atoms with E-state index in [1.54, 1.807) is 0 Å². The van der Waals surface area contributed by atoms with Crippen LogP contribution in [0.3, 0.4) is 0 Å². The van der Waals surface area contributed by atoms with Gasteiger partial charge in [0.05, 0.1) is 22.6 Å². The summed E-state index contributed by atoms with van der Waals surface area (Å²) in [6, 6.07) is 17.8. The SMILES string of the molecule is CCCCn1c(=O)nc2n(-c3ccc(C)cc3C)c3c(cc-2c1=O)c(C)nn3-c1ccccc1. The van der Waals surface area contributed by atoms with Crippen LogP contribution < -0.4 is 11.2 Å². The molecule has 2 aliphatic rings. The van der Waals surface area contributed by atoms with E-state index in [1.807, 2.05) is 85.5 Å². The fourth-order valence-electron chi connectivity index (χ4n) is 4.54. The molecule has 0 atom stereocenters. The zero-order valence-corrected chi connectivity index (χ0v) is 19.9. The molecular weight excluding hydrogens is 426 g/mol. The van der Waals surface area contributed by atoms with Gasteiger partial charge in [-0.25, -0.2) is 9.48 Å². The maximum Gasteiger partial charge on any atom is 0.352 e. The summed E-state index contributed by atoms with van der Waals surface area (Å²) in [6.45, 7) is 8.39. The number of aryl methyl sites for hydroxylation is 3. The minimum absolute atomic E-state index is 0.310. The molecule has 0 unspecified atom stereocenters. The van der Waals surface area contributed by atoms with Crippen LogP contribution in [0.2, 0.25) is 0 Å². The third kappa shape index (κ3) is 3.44. The van der Waals surface area contributed by atoms with E-state index < -0.39 is 5.69 Å². The molecule has 0 bridgehead atoms. The average Bonchev–Trinajstić information content (AvgIpc) is 3.15. The molecule has 0 radical (unpaired) electrons. The van der Waals surface area contributed by atoms with Gasteiger partial charge < -0.3 is 0 Å². The maximum atomic E-state index is 13.5. The van der Waals surface area contributed by atoms with Crippen LogP contribution >= 0.6 is 0 Å². The molecule has 1 aromatic heterocycles. The molecule has 172 valence electrons. The second-order valence-electron chi connectivity index (χ2n) is 8.78. The number of aromatic nitrogens is 5. The van der Waals surface area contributed by atoms with Crippen LogP contribution in [-0.4, -0.2) is 23.9 Å². The smallest absolute Gasteiger partial charge is 0.277 e. The van der Waals surface area contributed by atoms with Crippen LogP contribution in [0.15, 0.2) is 64.2 Å². The first-order valence-electron chi connectivity index (χ1n) is 11.6. The highest BCUT2D eigenvalue weighted by Crippen LogP contribution is 2.32. The minimum Gasteiger partial charge on any atom is -0.277 e. The van der Waals surface area contributed by atoms with Crippen molar-refractivity contribution >= 4 is 11.0 Å². The molecule has 0 saturated carbocycles. The van der Waals surface area contributed by atoms with Crippen molar-refractivity contribution in [1.29, 1.82) is 0 Å². The van der Waals surface area contributed by atoms with Gasteiger partial charge in [0.2, 0.25) is 0 Å². The summed E-state index contributed by atoms with van der Waals surface area (Å²) < 4.78 is 5.03. The summed E-state index contributed by atoms with van der Waals surface area (Å²) in [5.74, 6) is 0.347. The summed E-state index contributed by atoms with van der Waals surface area (Å²) in [4.78, 5) is 30.9. The van der Waals surface area contributed by atoms with Crippen LogP contribution in [-0.2, 0) is 6.54 Å². The Hall–Kier alpha value is -4.00. The molecule has 34 heavy (non-hydrogen) atoms. The van der Waals surface area contributed by atoms with Crippen molar-refractivity contribution in [2.45, 2.75) is 47.1 Å². The lowest BCUT2D eigenvalue weighted by Crippen LogP contribution is -2.38. The molecular formula is C27H27N5O2. The molecule has 5 rings (SSSR count). The zero-order chi connectivity index (χ0) is 24.0. The number of fused-ring (bicyclic) bond motifs is 2. The number of para-hydroxylation sites is 1. The monoisotopic (exact) mass is 453 g/mol. The Bertz CT molecular complexity index is 1610. The predicted molar refractivity (Wildman–Crippen MR) is 134 cm³/mol. The molecule has 0 N–H and O–H groups in total. The first kappa shape index (κ1) is 21.8. The Kier molecular flexibility index (Phi) is 5.40. The van der Waals surface area contributed by atoms with Gasteiger partial charge >= 0.3 is 5.69 Å². The van der Waals surface area contributed by atoms with E-state index in [-0.39, 0.29) is 5.56 Å². The van der Waals surface area contributed by atoms with Gasteiger partial charge in [0.25, 0.3) is 5.56 Å². The maximum absolute atomic E-state index is 13.5. The van der Waals surface area contributed by atoms with Crippen molar-refractivity contribution in [3.05, 3.63) is 92.3 Å². The van der Waals surface area contributed by atoms with Gasteiger partial charge in [-0.05, 0) is 57.0 Å². The van der Waals surface area contributed by atoms with Gasteiger partial charge in [0, 0.05) is 11.9 Å². The van der Waals surface area contributed by atoms with Crippen molar-refractivity contribution in [3.63, 3.8) is 0 Å². The number of pyridine rings is 1. The molecule has 0 aliphatic carbocycles. The van der Waals surface area contributed by atoms with E-state index in [4.69, 9.17) is 5.10 Å². The molecule has 3 aromatic rings. The number of nitrogens with zero attached hydrogens (tertiary/aromatic N) is 5. The zero-order valence-electron chi connectivity index (χ0n) is 19.9. The Balaban J connectivity index is 1.98. The Morgan fingerprint density at radius 3 is 2.41 bits per heavy atom. The van der Waals surface area contributed by atoms with Gasteiger partial charge in [-0.15, -0.1) is 0 Å². The second kappa shape index (κ2) is 8.41. The first-order chi connectivity index (χ1) is 16.4. The minimum atomic E-state index is -0.522. The molecule has 0 amide bonds. The van der Waals surface area contributed by atoms with Gasteiger partial charge in [0.15, 0.2) is 5.82 Å². The molecule has 7 nitrogen and oxygen atoms in total. The highest BCUT2D eigenvalue weighted by molar-refractivity contribution is 5.88. The normalized spacial score (nSPS) is 11.5. The quantitative estimate of drug-likeness (QED) is 0.391. The summed E-state index contributed by atoms with van der Waals surface area (Å²) >= 11 is 0. The molecule has 0 saturated heterocycles. The lowest BCUT2D eigenvalue weighted by atomic mass is 10.1. The average molecular weight is 454 g/mol. The van der Waals surface area contributed by atoms with E-state index >= 15 is 0 Å². The summed E-state index contributed by atoms with van der Waals surface area (Å²) in [5.41, 5.74) is 5.03. The van der Waals surface area contributed by atoms with Gasteiger partial charge in [-0.2, -0.15) is 10.1 Å². The predicted octanol–water partition coefficient (Wildman–Crippen LogP) is 4.56. The lowest BCUT2D eigenvalue weighted by molar-refractivity contribution is 0.582. The third-order valence-corrected chi connectivity index (χ3v) is 6.27. The van der Waals surface area contributed by atoms with Crippen LogP contribution in [0.25, 0.3) is 33.8 Å². The van der Waals surface area contributed by atoms with E-state index in [1.165, 1.54) is 4.57 Å². The standard InChI is InChI=1S/C27H27N5O2/c1-5-6-14-30-26(33)22-16-21-19(4)29-32(20-10-8-7-9-11-20)25(21)31(24(22)28-27(30)34)23-13-12-17(2)15-18(23)3/h7-13,15-16H,5-6,14H2,1-4H3. The van der Waals surface area contributed by atoms with E-state index in [2.05, 4.69) is 11.1 Å². The number of benzene rings is 2. The number of rotatable bonds is 5. The van der Waals surface area contributed by atoms with E-state index in [0.717, 1.165) is 52.1 Å². The molecule has 2 aliphatic heterocycles. The summed E-state index contributed by atoms with van der Waals surface area (Å²) in [5, 5.41) is 5.67. The van der Waals surface area contributed by atoms with Crippen molar-refractivity contribution < 1.29 is 0 Å². The molecule has 0 spiro atoms. The molecule has 2 aromatic carbocycles. The fourth-order valence-corrected chi connectivity index (χ4v) is 4.54. The highest BCUT2D eigenvalue weighted by Gasteiger charge is 2.25. The third-order valence-electron chi connectivity index (χ3n) is 6.27. The molecule has 7 heteroatoms. The van der Waals surface area contributed by atoms with E-state index in [0.29, 0.717) is 17.9 Å². The lowest BCUT2D eigenvalue weighted by Gasteiger charge is -2.20. The highest BCUT2D eigenvalue weighted by atomic mass is 16.2. The van der Waals surface area contributed by atoms with Gasteiger partial charge in [0.1, 0.15) is 5.65 Å². The summed E-state index contributed by atoms with van der Waals surface area (Å²) in [6.07, 6.45) is 1.63. The van der Waals surface area contributed by atoms with Crippen LogP contribution in [0.5, 0.6) is 0 Å². The second-order valence-corrected chi connectivity index (χ2v) is 8.78. The Labute approximate surface area is 197 Å². The first-order valence-corrected chi connectivity index (χ1v) is 11.6. The van der Waals surface area contributed by atoms with Crippen LogP contribution in [0.1, 0.15) is 36.6 Å². The van der Waals surface area contributed by atoms with Crippen LogP contribution in [0, 0.1) is 20.8 Å². The van der Waals surface area contributed by atoms with Gasteiger partial charge in [-0.1, -0.05) is 49.2 Å². The topological polar surface area (TPSA) is 74.7 Å².